The zero-order valence-corrected chi connectivity index (χ0v) is 16.0. The van der Waals surface area contributed by atoms with E-state index in [9.17, 15) is 14.7 Å². The average molecular weight is 370 g/mol. The minimum Gasteiger partial charge on any atom is -0.497 e. The van der Waals surface area contributed by atoms with E-state index in [0.717, 1.165) is 36.4 Å². The number of benzene rings is 2. The van der Waals surface area contributed by atoms with Gasteiger partial charge in [-0.3, -0.25) is 4.79 Å². The molecule has 6 heteroatoms. The first-order chi connectivity index (χ1) is 12.9. The molecule has 0 spiro atoms. The molecule has 0 aliphatic carbocycles. The number of hydrogen-bond donors (Lipinski definition) is 2. The van der Waals surface area contributed by atoms with E-state index in [0.29, 0.717) is 5.69 Å². The minimum atomic E-state index is -1.07. The third-order valence-corrected chi connectivity index (χ3v) is 4.32. The highest BCUT2D eigenvalue weighted by atomic mass is 16.5. The maximum atomic E-state index is 12.3. The predicted molar refractivity (Wildman–Crippen MR) is 107 cm³/mol. The van der Waals surface area contributed by atoms with Gasteiger partial charge in [0.25, 0.3) is 0 Å². The highest BCUT2D eigenvalue weighted by molar-refractivity contribution is 6.01. The Bertz CT molecular complexity index is 787. The molecule has 0 aliphatic rings. The van der Waals surface area contributed by atoms with Gasteiger partial charge in [-0.1, -0.05) is 25.5 Å². The van der Waals surface area contributed by atoms with Crippen LogP contribution >= 0.6 is 0 Å². The van der Waals surface area contributed by atoms with Gasteiger partial charge in [0.15, 0.2) is 0 Å². The average Bonchev–Trinajstić information content (AvgIpc) is 2.66. The Morgan fingerprint density at radius 2 is 1.85 bits per heavy atom. The quantitative estimate of drug-likeness (QED) is 0.702. The molecule has 2 N–H and O–H groups in total. The molecule has 2 rings (SSSR count). The number of carboxylic acid groups (broad SMARTS) is 1. The molecule has 2 aromatic rings. The number of nitrogens with one attached hydrogen (secondary N) is 1. The van der Waals surface area contributed by atoms with Gasteiger partial charge in [0, 0.05) is 19.3 Å². The van der Waals surface area contributed by atoms with Crippen LogP contribution in [0.15, 0.2) is 42.5 Å². The topological polar surface area (TPSA) is 78.9 Å². The number of hydrogen-bond acceptors (Lipinski definition) is 4. The fourth-order valence-corrected chi connectivity index (χ4v) is 2.70. The van der Waals surface area contributed by atoms with E-state index in [1.54, 1.807) is 31.4 Å². The van der Waals surface area contributed by atoms with E-state index in [-0.39, 0.29) is 17.9 Å². The van der Waals surface area contributed by atoms with E-state index in [1.807, 2.05) is 30.1 Å². The van der Waals surface area contributed by atoms with Crippen molar-refractivity contribution in [3.05, 3.63) is 53.6 Å². The minimum absolute atomic E-state index is 0.0823. The van der Waals surface area contributed by atoms with E-state index in [4.69, 9.17) is 4.74 Å². The number of aromatic carboxylic acids is 1. The smallest absolute Gasteiger partial charge is 0.337 e. The molecule has 0 aromatic heterocycles. The van der Waals surface area contributed by atoms with Crippen LogP contribution in [0, 0.1) is 0 Å². The number of unbranched alkanes of at least 4 members (excludes halogenated alkanes) is 1. The summed E-state index contributed by atoms with van der Waals surface area (Å²) in [6.45, 7) is 2.96. The molecule has 144 valence electrons. The predicted octanol–water partition coefficient (Wildman–Crippen LogP) is 3.81. The maximum Gasteiger partial charge on any atom is 0.337 e. The molecule has 0 saturated heterocycles. The zero-order valence-electron chi connectivity index (χ0n) is 16.0. The second-order valence-electron chi connectivity index (χ2n) is 6.38. The summed E-state index contributed by atoms with van der Waals surface area (Å²) in [5.41, 5.74) is 2.02. The van der Waals surface area contributed by atoms with E-state index >= 15 is 0 Å². The number of rotatable bonds is 9. The van der Waals surface area contributed by atoms with Crippen molar-refractivity contribution in [2.45, 2.75) is 26.2 Å². The maximum absolute atomic E-state index is 12.3. The van der Waals surface area contributed by atoms with Crippen molar-refractivity contribution in [2.75, 3.05) is 30.9 Å². The van der Waals surface area contributed by atoms with Gasteiger partial charge in [-0.15, -0.1) is 0 Å². The Labute approximate surface area is 159 Å². The molecule has 2 aromatic carbocycles. The Morgan fingerprint density at radius 1 is 1.15 bits per heavy atom. The van der Waals surface area contributed by atoms with Crippen molar-refractivity contribution in [3.8, 4) is 5.75 Å². The Hall–Kier alpha value is -3.02. The summed E-state index contributed by atoms with van der Waals surface area (Å²) in [6, 6.07) is 12.3. The molecule has 0 saturated carbocycles. The van der Waals surface area contributed by atoms with Gasteiger partial charge < -0.3 is 20.1 Å². The van der Waals surface area contributed by atoms with Crippen LogP contribution in [0.2, 0.25) is 0 Å². The summed E-state index contributed by atoms with van der Waals surface area (Å²) < 4.78 is 5.10. The second-order valence-corrected chi connectivity index (χ2v) is 6.38. The number of anilines is 2. The molecule has 1 amide bonds. The number of carbonyl (C=O) groups is 2. The highest BCUT2D eigenvalue weighted by Crippen LogP contribution is 2.24. The van der Waals surface area contributed by atoms with Crippen molar-refractivity contribution in [1.29, 1.82) is 0 Å². The van der Waals surface area contributed by atoms with Crippen molar-refractivity contribution in [2.24, 2.45) is 0 Å². The number of methoxy groups -OCH3 is 1. The lowest BCUT2D eigenvalue weighted by Crippen LogP contribution is -2.20. The fourth-order valence-electron chi connectivity index (χ4n) is 2.70. The van der Waals surface area contributed by atoms with Crippen molar-refractivity contribution in [1.82, 2.24) is 0 Å². The lowest BCUT2D eigenvalue weighted by Gasteiger charge is -2.20. The van der Waals surface area contributed by atoms with Crippen molar-refractivity contribution < 1.29 is 19.4 Å². The van der Waals surface area contributed by atoms with E-state index in [2.05, 4.69) is 12.2 Å². The number of nitrogens with zero attached hydrogens (tertiary/aromatic N) is 1. The first kappa shape index (κ1) is 20.3. The molecular formula is C21H26N2O4. The number of amides is 1. The molecule has 0 aliphatic heterocycles. The number of carbonyl (C=O) groups excluding carboxylic acids is 1. The van der Waals surface area contributed by atoms with Gasteiger partial charge in [-0.05, 0) is 42.3 Å². The van der Waals surface area contributed by atoms with Crippen LogP contribution in [0.25, 0.3) is 0 Å². The molecule has 0 atom stereocenters. The van der Waals surface area contributed by atoms with Gasteiger partial charge in [0.2, 0.25) is 5.91 Å². The third-order valence-electron chi connectivity index (χ3n) is 4.32. The van der Waals surface area contributed by atoms with E-state index < -0.39 is 5.97 Å². The summed E-state index contributed by atoms with van der Waals surface area (Å²) >= 11 is 0. The molecule has 0 unspecified atom stereocenters. The van der Waals surface area contributed by atoms with Crippen LogP contribution in [0.5, 0.6) is 5.75 Å². The fraction of sp³-hybridized carbons (Fsp3) is 0.333. The third kappa shape index (κ3) is 5.74. The van der Waals surface area contributed by atoms with Crippen LogP contribution in [-0.4, -0.2) is 37.7 Å². The van der Waals surface area contributed by atoms with Crippen LogP contribution in [-0.2, 0) is 11.2 Å². The summed E-state index contributed by atoms with van der Waals surface area (Å²) in [5, 5.41) is 12.2. The highest BCUT2D eigenvalue weighted by Gasteiger charge is 2.15. The van der Waals surface area contributed by atoms with Crippen LogP contribution in [0.4, 0.5) is 11.4 Å². The summed E-state index contributed by atoms with van der Waals surface area (Å²) in [4.78, 5) is 26.0. The van der Waals surface area contributed by atoms with Crippen molar-refractivity contribution >= 4 is 23.3 Å². The first-order valence-electron chi connectivity index (χ1n) is 8.95. The monoisotopic (exact) mass is 370 g/mol. The van der Waals surface area contributed by atoms with Crippen molar-refractivity contribution in [3.63, 3.8) is 0 Å². The summed E-state index contributed by atoms with van der Waals surface area (Å²) in [6.07, 6.45) is 2.25. The SMILES string of the molecule is CCCCN(C)c1ccc(NC(=O)Cc2ccc(OC)cc2)c(C(=O)O)c1. The molecule has 0 heterocycles. The number of carboxylic acids is 1. The van der Waals surface area contributed by atoms with Gasteiger partial charge in [0.05, 0.1) is 24.8 Å². The summed E-state index contributed by atoms with van der Waals surface area (Å²) in [5.74, 6) is -0.620. The molecule has 0 bridgehead atoms. The van der Waals surface area contributed by atoms with Gasteiger partial charge >= 0.3 is 5.97 Å². The van der Waals surface area contributed by atoms with Crippen LogP contribution in [0.3, 0.4) is 0 Å². The molecule has 27 heavy (non-hydrogen) atoms. The van der Waals surface area contributed by atoms with Gasteiger partial charge in [-0.2, -0.15) is 0 Å². The second kappa shape index (κ2) is 9.62. The van der Waals surface area contributed by atoms with Crippen LogP contribution < -0.4 is 15.0 Å². The zero-order chi connectivity index (χ0) is 19.8. The van der Waals surface area contributed by atoms with Gasteiger partial charge in [0.1, 0.15) is 5.75 Å². The van der Waals surface area contributed by atoms with Crippen LogP contribution in [0.1, 0.15) is 35.7 Å². The van der Waals surface area contributed by atoms with E-state index in [1.165, 1.54) is 0 Å². The normalized spacial score (nSPS) is 10.3. The van der Waals surface area contributed by atoms with Gasteiger partial charge in [-0.25, -0.2) is 4.79 Å². The largest absolute Gasteiger partial charge is 0.497 e. The Morgan fingerprint density at radius 3 is 2.44 bits per heavy atom. The molecular weight excluding hydrogens is 344 g/mol. The number of ether oxygens (including phenoxy) is 1. The summed E-state index contributed by atoms with van der Waals surface area (Å²) in [7, 11) is 3.51. The lowest BCUT2D eigenvalue weighted by molar-refractivity contribution is -0.115. The first-order valence-corrected chi connectivity index (χ1v) is 8.95. The lowest BCUT2D eigenvalue weighted by atomic mass is 10.1. The molecule has 0 fully saturated rings. The standard InChI is InChI=1S/C21H26N2O4/c1-4-5-12-23(2)16-8-11-19(18(14-16)21(25)26)22-20(24)13-15-6-9-17(27-3)10-7-15/h6-11,14H,4-5,12-13H2,1-3H3,(H,22,24)(H,25,26). The Balaban J connectivity index is 2.11. The molecule has 6 nitrogen and oxygen atoms in total. The Kier molecular flexibility index (Phi) is 7.23. The molecule has 0 radical (unpaired) electrons.